The number of aromatic nitrogens is 1. The third-order valence-electron chi connectivity index (χ3n) is 5.47. The monoisotopic (exact) mass is 552 g/mol. The Morgan fingerprint density at radius 1 is 0.886 bits per heavy atom. The first-order valence-electron chi connectivity index (χ1n) is 10.8. The topological polar surface area (TPSA) is 92.2 Å². The number of fused-ring (bicyclic) bond motifs is 1. The lowest BCUT2D eigenvalue weighted by Gasteiger charge is -2.13. The third kappa shape index (κ3) is 5.55. The maximum absolute atomic E-state index is 13.1. The summed E-state index contributed by atoms with van der Waals surface area (Å²) in [4.78, 5) is 38.5. The maximum Gasteiger partial charge on any atom is 0.328 e. The van der Waals surface area contributed by atoms with E-state index in [-0.39, 0.29) is 5.69 Å². The Bertz CT molecular complexity index is 1450. The van der Waals surface area contributed by atoms with Gasteiger partial charge in [0.15, 0.2) is 0 Å². The van der Waals surface area contributed by atoms with Crippen molar-refractivity contribution in [3.05, 3.63) is 93.0 Å². The normalized spacial score (nSPS) is 10.7. The van der Waals surface area contributed by atoms with Crippen molar-refractivity contribution in [2.75, 3.05) is 16.1 Å². The molecule has 0 aliphatic carbocycles. The number of carbonyl (C=O) groups is 3. The van der Waals surface area contributed by atoms with Gasteiger partial charge in [0.1, 0.15) is 5.69 Å². The van der Waals surface area contributed by atoms with Crippen molar-refractivity contribution in [3.63, 3.8) is 0 Å². The zero-order chi connectivity index (χ0) is 25.1. The highest BCUT2D eigenvalue weighted by Crippen LogP contribution is 2.25. The molecule has 4 rings (SSSR count). The smallest absolute Gasteiger partial charge is 0.321 e. The molecule has 4 aromatic rings. The van der Waals surface area contributed by atoms with E-state index in [2.05, 4.69) is 32.0 Å². The summed E-state index contributed by atoms with van der Waals surface area (Å²) in [5.74, 6) is -2.25. The first-order valence-corrected chi connectivity index (χ1v) is 12.0. The van der Waals surface area contributed by atoms with Crippen molar-refractivity contribution in [1.29, 1.82) is 0 Å². The lowest BCUT2D eigenvalue weighted by atomic mass is 10.1. The lowest BCUT2D eigenvalue weighted by molar-refractivity contribution is -0.133. The van der Waals surface area contributed by atoms with Crippen molar-refractivity contribution in [3.8, 4) is 0 Å². The van der Waals surface area contributed by atoms with Crippen LogP contribution in [0, 0.1) is 6.92 Å². The summed E-state index contributed by atoms with van der Waals surface area (Å²) >= 11 is 9.60. The number of hydrogen-bond acceptors (Lipinski definition) is 3. The molecule has 35 heavy (non-hydrogen) atoms. The largest absolute Gasteiger partial charge is 0.328 e. The minimum absolute atomic E-state index is 0.142. The van der Waals surface area contributed by atoms with Crippen LogP contribution in [0.25, 0.3) is 10.9 Å². The predicted molar refractivity (Wildman–Crippen MR) is 143 cm³/mol. The molecule has 0 aliphatic rings. The van der Waals surface area contributed by atoms with Gasteiger partial charge in [-0.05, 0) is 73.0 Å². The van der Waals surface area contributed by atoms with E-state index in [9.17, 15) is 14.4 Å². The minimum atomic E-state index is -0.919. The Morgan fingerprint density at radius 3 is 2.29 bits per heavy atom. The van der Waals surface area contributed by atoms with Gasteiger partial charge in [0.25, 0.3) is 5.91 Å². The van der Waals surface area contributed by atoms with Crippen LogP contribution >= 0.6 is 27.5 Å². The van der Waals surface area contributed by atoms with Crippen LogP contribution in [0.4, 0.5) is 11.4 Å². The fraction of sp³-hybridized carbons (Fsp3) is 0.115. The minimum Gasteiger partial charge on any atom is -0.321 e. The molecule has 0 atom stereocenters. The molecule has 178 valence electrons. The van der Waals surface area contributed by atoms with E-state index in [1.54, 1.807) is 48.5 Å². The molecule has 0 aliphatic heterocycles. The van der Waals surface area contributed by atoms with Gasteiger partial charge in [-0.3, -0.25) is 19.8 Å². The van der Waals surface area contributed by atoms with Crippen molar-refractivity contribution in [2.45, 2.75) is 20.3 Å². The molecule has 1 heterocycles. The van der Waals surface area contributed by atoms with Crippen molar-refractivity contribution < 1.29 is 14.4 Å². The number of carbonyl (C=O) groups excluding carboxylic acids is 3. The quantitative estimate of drug-likeness (QED) is 0.269. The molecule has 0 unspecified atom stereocenters. The first-order chi connectivity index (χ1) is 16.7. The molecule has 1 aromatic heterocycles. The van der Waals surface area contributed by atoms with Gasteiger partial charge < -0.3 is 10.6 Å². The Kier molecular flexibility index (Phi) is 7.23. The molecule has 7 nitrogen and oxygen atoms in total. The number of aryl methyl sites for hydroxylation is 2. The molecule has 9 heteroatoms. The average Bonchev–Trinajstić information content (AvgIpc) is 3.19. The fourth-order valence-corrected chi connectivity index (χ4v) is 4.06. The SMILES string of the molecule is CCc1ccc(NC(=O)C(=O)Nn2c(C(=O)Nc3ccc(C)c(Cl)c3)cc3cc(Br)ccc32)cc1. The van der Waals surface area contributed by atoms with Crippen molar-refractivity contribution >= 4 is 67.5 Å². The Hall–Kier alpha value is -3.62. The predicted octanol–water partition coefficient (Wildman–Crippen LogP) is 5.89. The second-order valence-electron chi connectivity index (χ2n) is 7.93. The highest BCUT2D eigenvalue weighted by molar-refractivity contribution is 9.10. The molecule has 0 saturated carbocycles. The zero-order valence-electron chi connectivity index (χ0n) is 19.0. The summed E-state index contributed by atoms with van der Waals surface area (Å²) in [6, 6.07) is 19.4. The molecule has 3 amide bonds. The Labute approximate surface area is 215 Å². The summed E-state index contributed by atoms with van der Waals surface area (Å²) in [5, 5.41) is 6.58. The van der Waals surface area contributed by atoms with E-state index in [1.165, 1.54) is 4.68 Å². The number of hydrogen-bond donors (Lipinski definition) is 3. The number of halogens is 2. The van der Waals surface area contributed by atoms with Crippen molar-refractivity contribution in [1.82, 2.24) is 4.68 Å². The number of benzene rings is 3. The van der Waals surface area contributed by atoms with Gasteiger partial charge in [0.2, 0.25) is 0 Å². The molecule has 0 bridgehead atoms. The highest BCUT2D eigenvalue weighted by Gasteiger charge is 2.21. The van der Waals surface area contributed by atoms with E-state index in [0.717, 1.165) is 22.0 Å². The number of nitrogens with zero attached hydrogens (tertiary/aromatic N) is 1. The van der Waals surface area contributed by atoms with Crippen LogP contribution in [0.3, 0.4) is 0 Å². The number of nitrogens with one attached hydrogen (secondary N) is 3. The van der Waals surface area contributed by atoms with Gasteiger partial charge in [-0.1, -0.05) is 52.7 Å². The molecule has 0 fully saturated rings. The van der Waals surface area contributed by atoms with Crippen LogP contribution in [0.1, 0.15) is 28.5 Å². The van der Waals surface area contributed by atoms with Crippen LogP contribution in [-0.2, 0) is 16.0 Å². The van der Waals surface area contributed by atoms with E-state index < -0.39 is 17.7 Å². The van der Waals surface area contributed by atoms with E-state index >= 15 is 0 Å². The van der Waals surface area contributed by atoms with Gasteiger partial charge in [-0.2, -0.15) is 0 Å². The molecule has 3 aromatic carbocycles. The molecular formula is C26H22BrClN4O3. The van der Waals surface area contributed by atoms with Gasteiger partial charge in [0, 0.05) is 26.3 Å². The summed E-state index contributed by atoms with van der Waals surface area (Å²) in [5.41, 5.74) is 6.23. The molecule has 0 saturated heterocycles. The lowest BCUT2D eigenvalue weighted by Crippen LogP contribution is -2.36. The second kappa shape index (κ2) is 10.3. The highest BCUT2D eigenvalue weighted by atomic mass is 79.9. The average molecular weight is 554 g/mol. The number of anilines is 2. The number of amides is 3. The molecule has 0 spiro atoms. The Balaban J connectivity index is 1.60. The zero-order valence-corrected chi connectivity index (χ0v) is 21.3. The van der Waals surface area contributed by atoms with E-state index in [4.69, 9.17) is 11.6 Å². The molecular weight excluding hydrogens is 532 g/mol. The summed E-state index contributed by atoms with van der Waals surface area (Å²) < 4.78 is 2.11. The van der Waals surface area contributed by atoms with E-state index in [1.807, 2.05) is 32.0 Å². The van der Waals surface area contributed by atoms with Crippen LogP contribution in [0.15, 0.2) is 71.2 Å². The number of rotatable bonds is 5. The Morgan fingerprint density at radius 2 is 1.60 bits per heavy atom. The van der Waals surface area contributed by atoms with E-state index in [0.29, 0.717) is 27.3 Å². The van der Waals surface area contributed by atoms with Crippen LogP contribution in [0.5, 0.6) is 0 Å². The van der Waals surface area contributed by atoms with Crippen LogP contribution < -0.4 is 16.1 Å². The van der Waals surface area contributed by atoms with Gasteiger partial charge in [-0.15, -0.1) is 0 Å². The fourth-order valence-electron chi connectivity index (χ4n) is 3.50. The van der Waals surface area contributed by atoms with Crippen LogP contribution in [-0.4, -0.2) is 22.4 Å². The van der Waals surface area contributed by atoms with Crippen LogP contribution in [0.2, 0.25) is 5.02 Å². The second-order valence-corrected chi connectivity index (χ2v) is 9.25. The van der Waals surface area contributed by atoms with Crippen molar-refractivity contribution in [2.24, 2.45) is 0 Å². The van der Waals surface area contributed by atoms with Gasteiger partial charge in [-0.25, -0.2) is 4.68 Å². The standard InChI is InChI=1S/C26H22BrClN4O3/c1-3-16-5-9-19(10-6-16)29-25(34)26(35)31-32-22-11-7-18(27)12-17(22)13-23(32)24(33)30-20-8-4-15(2)21(28)14-20/h4-14H,3H2,1-2H3,(H,29,34)(H,30,33)(H,31,35). The van der Waals surface area contributed by atoms with Gasteiger partial charge in [0.05, 0.1) is 5.52 Å². The summed E-state index contributed by atoms with van der Waals surface area (Å²) in [7, 11) is 0. The molecule has 0 radical (unpaired) electrons. The third-order valence-corrected chi connectivity index (χ3v) is 6.37. The van der Waals surface area contributed by atoms with Gasteiger partial charge >= 0.3 is 11.8 Å². The summed E-state index contributed by atoms with van der Waals surface area (Å²) in [6.45, 7) is 3.89. The summed E-state index contributed by atoms with van der Waals surface area (Å²) in [6.07, 6.45) is 0.866. The first kappa shape index (κ1) is 24.5. The molecule has 3 N–H and O–H groups in total. The maximum atomic E-state index is 13.1.